The van der Waals surface area contributed by atoms with Gasteiger partial charge in [0.2, 0.25) is 0 Å². The zero-order valence-electron chi connectivity index (χ0n) is 17.1. The molecule has 2 aromatic carbocycles. The van der Waals surface area contributed by atoms with Crippen LogP contribution in [0.4, 0.5) is 5.69 Å². The van der Waals surface area contributed by atoms with E-state index in [1.165, 1.54) is 4.90 Å². The number of nitrogens with zero attached hydrogens (tertiary/aromatic N) is 1. The molecular weight excluding hydrogens is 392 g/mol. The SMILES string of the molecule is COc1ccc(COC[C@@H](O)C[NH+]2CCN(c3cccc(Cl)c3)CC2)cc1OC. The number of hydrogen-bond acceptors (Lipinski definition) is 5. The highest BCUT2D eigenvalue weighted by Gasteiger charge is 2.22. The Hall–Kier alpha value is -1.99. The number of benzene rings is 2. The molecule has 1 aliphatic rings. The molecule has 3 rings (SSSR count). The number of quaternary nitrogens is 1. The predicted octanol–water partition coefficient (Wildman–Crippen LogP) is 1.64. The highest BCUT2D eigenvalue weighted by Crippen LogP contribution is 2.27. The summed E-state index contributed by atoms with van der Waals surface area (Å²) in [5, 5.41) is 11.1. The fraction of sp³-hybridized carbons (Fsp3) is 0.455. The largest absolute Gasteiger partial charge is 0.493 e. The van der Waals surface area contributed by atoms with Gasteiger partial charge in [0.15, 0.2) is 11.5 Å². The molecule has 7 heteroatoms. The van der Waals surface area contributed by atoms with Crippen molar-refractivity contribution in [3.63, 3.8) is 0 Å². The number of methoxy groups -OCH3 is 2. The lowest BCUT2D eigenvalue weighted by Gasteiger charge is -2.34. The van der Waals surface area contributed by atoms with Crippen LogP contribution in [0.2, 0.25) is 5.02 Å². The fourth-order valence-electron chi connectivity index (χ4n) is 3.63. The second-order valence-corrected chi connectivity index (χ2v) is 7.72. The van der Waals surface area contributed by atoms with Crippen molar-refractivity contribution < 1.29 is 24.2 Å². The van der Waals surface area contributed by atoms with Crippen molar-refractivity contribution in [2.24, 2.45) is 0 Å². The molecule has 1 fully saturated rings. The Morgan fingerprint density at radius 3 is 2.52 bits per heavy atom. The van der Waals surface area contributed by atoms with Gasteiger partial charge in [-0.1, -0.05) is 23.7 Å². The first kappa shape index (κ1) is 21.7. The maximum Gasteiger partial charge on any atom is 0.161 e. The maximum atomic E-state index is 10.4. The number of aliphatic hydroxyl groups is 1. The third-order valence-corrected chi connectivity index (χ3v) is 5.43. The maximum absolute atomic E-state index is 10.4. The molecule has 0 aromatic heterocycles. The molecule has 2 N–H and O–H groups in total. The van der Waals surface area contributed by atoms with Gasteiger partial charge in [-0.3, -0.25) is 0 Å². The molecule has 1 aliphatic heterocycles. The molecule has 1 saturated heterocycles. The summed E-state index contributed by atoms with van der Waals surface area (Å²) in [5.41, 5.74) is 2.15. The van der Waals surface area contributed by atoms with Gasteiger partial charge in [-0.2, -0.15) is 0 Å². The van der Waals surface area contributed by atoms with Gasteiger partial charge in [-0.25, -0.2) is 0 Å². The monoisotopic (exact) mass is 421 g/mol. The molecule has 0 unspecified atom stereocenters. The summed E-state index contributed by atoms with van der Waals surface area (Å²) >= 11 is 6.09. The number of hydrogen-bond donors (Lipinski definition) is 2. The molecule has 29 heavy (non-hydrogen) atoms. The van der Waals surface area contributed by atoms with Crippen LogP contribution >= 0.6 is 11.6 Å². The van der Waals surface area contributed by atoms with Gasteiger partial charge in [0.25, 0.3) is 0 Å². The number of aliphatic hydroxyl groups excluding tert-OH is 1. The molecule has 0 bridgehead atoms. The lowest BCUT2D eigenvalue weighted by Crippen LogP contribution is -3.16. The van der Waals surface area contributed by atoms with Crippen LogP contribution in [0.5, 0.6) is 11.5 Å². The lowest BCUT2D eigenvalue weighted by atomic mass is 10.2. The first-order chi connectivity index (χ1) is 14.1. The highest BCUT2D eigenvalue weighted by atomic mass is 35.5. The molecule has 0 saturated carbocycles. The van der Waals surface area contributed by atoms with Gasteiger partial charge in [-0.05, 0) is 35.9 Å². The Balaban J connectivity index is 1.39. The smallest absolute Gasteiger partial charge is 0.161 e. The van der Waals surface area contributed by atoms with E-state index in [0.29, 0.717) is 31.3 Å². The van der Waals surface area contributed by atoms with E-state index in [9.17, 15) is 5.11 Å². The number of ether oxygens (including phenoxy) is 3. The lowest BCUT2D eigenvalue weighted by molar-refractivity contribution is -0.903. The van der Waals surface area contributed by atoms with E-state index in [4.69, 9.17) is 25.8 Å². The van der Waals surface area contributed by atoms with Crippen LogP contribution in [0.1, 0.15) is 5.56 Å². The van der Waals surface area contributed by atoms with Gasteiger partial charge >= 0.3 is 0 Å². The van der Waals surface area contributed by atoms with E-state index in [1.54, 1.807) is 14.2 Å². The first-order valence-corrected chi connectivity index (χ1v) is 10.3. The Morgan fingerprint density at radius 2 is 1.83 bits per heavy atom. The van der Waals surface area contributed by atoms with Crippen LogP contribution in [0.15, 0.2) is 42.5 Å². The van der Waals surface area contributed by atoms with Crippen LogP contribution in [-0.2, 0) is 11.3 Å². The van der Waals surface area contributed by atoms with Crippen LogP contribution < -0.4 is 19.3 Å². The summed E-state index contributed by atoms with van der Waals surface area (Å²) < 4.78 is 16.3. The third kappa shape index (κ3) is 6.24. The third-order valence-electron chi connectivity index (χ3n) is 5.20. The summed E-state index contributed by atoms with van der Waals surface area (Å²) in [7, 11) is 3.22. The van der Waals surface area contributed by atoms with Crippen molar-refractivity contribution in [2.75, 3.05) is 58.5 Å². The molecule has 1 heterocycles. The molecule has 2 aromatic rings. The summed E-state index contributed by atoms with van der Waals surface area (Å²) in [4.78, 5) is 3.74. The second kappa shape index (κ2) is 10.7. The molecule has 0 spiro atoms. The van der Waals surface area contributed by atoms with Gasteiger partial charge in [0.1, 0.15) is 12.6 Å². The number of piperazine rings is 1. The van der Waals surface area contributed by atoms with Crippen LogP contribution in [0.25, 0.3) is 0 Å². The molecule has 6 nitrogen and oxygen atoms in total. The minimum absolute atomic E-state index is 0.315. The molecule has 1 atom stereocenters. The minimum Gasteiger partial charge on any atom is -0.493 e. The average Bonchev–Trinajstić information content (AvgIpc) is 2.74. The van der Waals surface area contributed by atoms with Crippen molar-refractivity contribution >= 4 is 17.3 Å². The van der Waals surface area contributed by atoms with E-state index in [1.807, 2.05) is 36.4 Å². The number of anilines is 1. The summed E-state index contributed by atoms with van der Waals surface area (Å²) in [6.07, 6.45) is -0.483. The van der Waals surface area contributed by atoms with E-state index in [2.05, 4.69) is 11.0 Å². The van der Waals surface area contributed by atoms with E-state index in [-0.39, 0.29) is 0 Å². The summed E-state index contributed by atoms with van der Waals surface area (Å²) in [5.74, 6) is 1.37. The minimum atomic E-state index is -0.483. The zero-order valence-corrected chi connectivity index (χ0v) is 17.8. The van der Waals surface area contributed by atoms with E-state index in [0.717, 1.165) is 42.5 Å². The Bertz CT molecular complexity index is 781. The molecule has 158 valence electrons. The van der Waals surface area contributed by atoms with Crippen molar-refractivity contribution in [1.82, 2.24) is 0 Å². The van der Waals surface area contributed by atoms with Crippen molar-refractivity contribution in [1.29, 1.82) is 0 Å². The van der Waals surface area contributed by atoms with Gasteiger partial charge < -0.3 is 29.1 Å². The van der Waals surface area contributed by atoms with Crippen LogP contribution in [0.3, 0.4) is 0 Å². The standard InChI is InChI=1S/C22H29ClN2O4/c1-27-21-7-6-17(12-22(21)28-2)15-29-16-20(26)14-24-8-10-25(11-9-24)19-5-3-4-18(23)13-19/h3-7,12-13,20,26H,8-11,14-16H2,1-2H3/p+1/t20-/m0/s1. The van der Waals surface area contributed by atoms with Gasteiger partial charge in [-0.15, -0.1) is 0 Å². The highest BCUT2D eigenvalue weighted by molar-refractivity contribution is 6.30. The Kier molecular flexibility index (Phi) is 8.00. The van der Waals surface area contributed by atoms with Crippen LogP contribution in [-0.4, -0.2) is 64.8 Å². The fourth-order valence-corrected chi connectivity index (χ4v) is 3.82. The summed E-state index contributed by atoms with van der Waals surface area (Å²) in [6.45, 7) is 5.31. The molecule has 0 amide bonds. The molecule has 0 radical (unpaired) electrons. The first-order valence-electron chi connectivity index (χ1n) is 9.90. The van der Waals surface area contributed by atoms with E-state index < -0.39 is 6.10 Å². The number of nitrogens with one attached hydrogen (secondary N) is 1. The predicted molar refractivity (Wildman–Crippen MR) is 114 cm³/mol. The normalized spacial score (nSPS) is 15.9. The van der Waals surface area contributed by atoms with Crippen molar-refractivity contribution in [3.05, 3.63) is 53.1 Å². The van der Waals surface area contributed by atoms with Gasteiger partial charge in [0.05, 0.1) is 53.6 Å². The molecule has 0 aliphatic carbocycles. The molecular formula is C22H30ClN2O4+. The topological polar surface area (TPSA) is 55.6 Å². The van der Waals surface area contributed by atoms with E-state index >= 15 is 0 Å². The number of rotatable bonds is 9. The average molecular weight is 422 g/mol. The Labute approximate surface area is 177 Å². The second-order valence-electron chi connectivity index (χ2n) is 7.28. The number of halogens is 1. The Morgan fingerprint density at radius 1 is 1.07 bits per heavy atom. The van der Waals surface area contributed by atoms with Crippen LogP contribution in [0, 0.1) is 0 Å². The van der Waals surface area contributed by atoms with Crippen molar-refractivity contribution in [2.45, 2.75) is 12.7 Å². The van der Waals surface area contributed by atoms with Gasteiger partial charge in [0, 0.05) is 10.7 Å². The quantitative estimate of drug-likeness (QED) is 0.644. The van der Waals surface area contributed by atoms with Crippen molar-refractivity contribution in [3.8, 4) is 11.5 Å². The zero-order chi connectivity index (χ0) is 20.6. The summed E-state index contributed by atoms with van der Waals surface area (Å²) in [6, 6.07) is 13.7.